The Hall–Kier alpha value is -3.67. The lowest BCUT2D eigenvalue weighted by atomic mass is 10.1. The molecule has 6 nitrogen and oxygen atoms in total. The summed E-state index contributed by atoms with van der Waals surface area (Å²) in [6, 6.07) is 19.3. The molecule has 1 amide bonds. The van der Waals surface area contributed by atoms with Crippen molar-refractivity contribution in [2.45, 2.75) is 53.1 Å². The molecule has 0 aliphatic carbocycles. The van der Waals surface area contributed by atoms with Gasteiger partial charge in [0.15, 0.2) is 0 Å². The van der Waals surface area contributed by atoms with Crippen molar-refractivity contribution in [2.75, 3.05) is 5.32 Å². The number of carbonyl (C=O) groups excluding carboxylic acids is 1. The number of aryl methyl sites for hydroxylation is 2. The van der Waals surface area contributed by atoms with E-state index >= 15 is 0 Å². The number of benzene rings is 3. The Bertz CT molecular complexity index is 1240. The first kappa shape index (κ1) is 22.5. The van der Waals surface area contributed by atoms with E-state index in [-0.39, 0.29) is 12.0 Å². The average molecular weight is 443 g/mol. The second-order valence-electron chi connectivity index (χ2n) is 8.56. The molecule has 0 unspecified atom stereocenters. The fraction of sp³-hybridized carbons (Fsp3) is 0.296. The highest BCUT2D eigenvalue weighted by atomic mass is 16.5. The second-order valence-corrected chi connectivity index (χ2v) is 8.56. The third-order valence-corrected chi connectivity index (χ3v) is 5.45. The number of nitrogens with one attached hydrogen (secondary N) is 1. The maximum absolute atomic E-state index is 12.8. The first-order chi connectivity index (χ1) is 15.9. The molecule has 1 aromatic heterocycles. The molecular weight excluding hydrogens is 412 g/mol. The highest BCUT2D eigenvalue weighted by molar-refractivity contribution is 6.05. The minimum Gasteiger partial charge on any atom is -0.491 e. The molecular formula is C27H30N4O2. The molecule has 0 saturated carbocycles. The van der Waals surface area contributed by atoms with Gasteiger partial charge in [0.25, 0.3) is 5.91 Å². The molecule has 0 aliphatic rings. The fourth-order valence-corrected chi connectivity index (χ4v) is 3.65. The molecule has 4 aromatic rings. The maximum atomic E-state index is 12.8. The quantitative estimate of drug-likeness (QED) is 0.357. The van der Waals surface area contributed by atoms with Crippen molar-refractivity contribution >= 4 is 22.6 Å². The number of nitrogens with zero attached hydrogens (tertiary/aromatic N) is 3. The summed E-state index contributed by atoms with van der Waals surface area (Å²) in [5, 5.41) is 12.3. The fourth-order valence-electron chi connectivity index (χ4n) is 3.65. The zero-order valence-electron chi connectivity index (χ0n) is 19.6. The molecule has 1 heterocycles. The lowest BCUT2D eigenvalue weighted by Crippen LogP contribution is -2.13. The van der Waals surface area contributed by atoms with Gasteiger partial charge in [0.1, 0.15) is 16.8 Å². The number of rotatable bonds is 8. The van der Waals surface area contributed by atoms with Crippen LogP contribution in [0, 0.1) is 6.92 Å². The summed E-state index contributed by atoms with van der Waals surface area (Å²) in [7, 11) is 0. The van der Waals surface area contributed by atoms with Crippen LogP contribution in [0.4, 0.5) is 5.69 Å². The van der Waals surface area contributed by atoms with E-state index in [0.29, 0.717) is 5.56 Å². The van der Waals surface area contributed by atoms with E-state index in [0.717, 1.165) is 40.1 Å². The van der Waals surface area contributed by atoms with Crippen LogP contribution in [0.15, 0.2) is 60.7 Å². The first-order valence-electron chi connectivity index (χ1n) is 11.5. The molecule has 0 spiro atoms. The third-order valence-electron chi connectivity index (χ3n) is 5.45. The maximum Gasteiger partial charge on any atom is 0.255 e. The third kappa shape index (κ3) is 5.40. The van der Waals surface area contributed by atoms with Crippen molar-refractivity contribution < 1.29 is 9.53 Å². The normalized spacial score (nSPS) is 11.2. The van der Waals surface area contributed by atoms with Gasteiger partial charge in [-0.25, -0.2) is 0 Å². The zero-order chi connectivity index (χ0) is 23.4. The number of amides is 1. The van der Waals surface area contributed by atoms with Gasteiger partial charge < -0.3 is 10.1 Å². The van der Waals surface area contributed by atoms with Gasteiger partial charge in [0.05, 0.1) is 11.8 Å². The summed E-state index contributed by atoms with van der Waals surface area (Å²) < 4.78 is 5.65. The van der Waals surface area contributed by atoms with E-state index in [4.69, 9.17) is 4.74 Å². The number of ether oxygens (including phenoxy) is 1. The minimum atomic E-state index is -0.177. The molecule has 0 saturated heterocycles. The molecule has 0 bridgehead atoms. The second kappa shape index (κ2) is 9.86. The van der Waals surface area contributed by atoms with Crippen molar-refractivity contribution in [3.8, 4) is 11.4 Å². The summed E-state index contributed by atoms with van der Waals surface area (Å²) in [5.74, 6) is 0.567. The van der Waals surface area contributed by atoms with E-state index in [1.165, 1.54) is 18.4 Å². The lowest BCUT2D eigenvalue weighted by Gasteiger charge is -2.11. The molecule has 0 radical (unpaired) electrons. The van der Waals surface area contributed by atoms with Crippen molar-refractivity contribution in [3.05, 3.63) is 77.4 Å². The Balaban J connectivity index is 1.52. The molecule has 0 aliphatic heterocycles. The number of hydrogen-bond acceptors (Lipinski definition) is 4. The summed E-state index contributed by atoms with van der Waals surface area (Å²) >= 11 is 0. The van der Waals surface area contributed by atoms with Crippen LogP contribution in [0.2, 0.25) is 0 Å². The molecule has 1 N–H and O–H groups in total. The average Bonchev–Trinajstić information content (AvgIpc) is 3.21. The molecule has 170 valence electrons. The van der Waals surface area contributed by atoms with Gasteiger partial charge in [-0.1, -0.05) is 25.5 Å². The molecule has 6 heteroatoms. The predicted molar refractivity (Wildman–Crippen MR) is 132 cm³/mol. The van der Waals surface area contributed by atoms with E-state index in [2.05, 4.69) is 34.6 Å². The zero-order valence-corrected chi connectivity index (χ0v) is 19.6. The number of hydrogen-bond donors (Lipinski definition) is 1. The standard InChI is InChI=1S/C27H30N4O2/c1-5-6-7-20-8-12-22(13-9-20)31-29-25-16-19(4)24(17-26(25)30-31)28-27(32)21-10-14-23(15-11-21)33-18(2)3/h8-18H,5-7H2,1-4H3,(H,28,32). The number of carbonyl (C=O) groups is 1. The van der Waals surface area contributed by atoms with Gasteiger partial charge in [0.2, 0.25) is 0 Å². The van der Waals surface area contributed by atoms with Crippen LogP contribution in [0.25, 0.3) is 16.7 Å². The number of unbranched alkanes of at least 4 members (excludes halogenated alkanes) is 1. The van der Waals surface area contributed by atoms with Crippen LogP contribution in [0.5, 0.6) is 5.75 Å². The SMILES string of the molecule is CCCCc1ccc(-n2nc3cc(C)c(NC(=O)c4ccc(OC(C)C)cc4)cc3n2)cc1. The largest absolute Gasteiger partial charge is 0.491 e. The summed E-state index contributed by atoms with van der Waals surface area (Å²) in [6.45, 7) is 8.09. The summed E-state index contributed by atoms with van der Waals surface area (Å²) in [4.78, 5) is 14.4. The highest BCUT2D eigenvalue weighted by Crippen LogP contribution is 2.23. The Morgan fingerprint density at radius 1 is 1.00 bits per heavy atom. The Kier molecular flexibility index (Phi) is 6.73. The topological polar surface area (TPSA) is 69.0 Å². The van der Waals surface area contributed by atoms with Gasteiger partial charge in [-0.2, -0.15) is 4.80 Å². The van der Waals surface area contributed by atoms with Gasteiger partial charge in [-0.05, 0) is 93.3 Å². The number of aromatic nitrogens is 3. The van der Waals surface area contributed by atoms with Crippen molar-refractivity contribution in [3.63, 3.8) is 0 Å². The molecule has 4 rings (SSSR count). The van der Waals surface area contributed by atoms with Crippen molar-refractivity contribution in [2.24, 2.45) is 0 Å². The van der Waals surface area contributed by atoms with Crippen LogP contribution in [0.1, 0.15) is 55.1 Å². The molecule has 0 fully saturated rings. The smallest absolute Gasteiger partial charge is 0.255 e. The van der Waals surface area contributed by atoms with E-state index in [1.54, 1.807) is 16.9 Å². The number of anilines is 1. The van der Waals surface area contributed by atoms with E-state index in [1.807, 2.05) is 57.2 Å². The molecule has 33 heavy (non-hydrogen) atoms. The monoisotopic (exact) mass is 442 g/mol. The van der Waals surface area contributed by atoms with Crippen LogP contribution >= 0.6 is 0 Å². The Labute approximate surface area is 194 Å². The highest BCUT2D eigenvalue weighted by Gasteiger charge is 2.12. The van der Waals surface area contributed by atoms with Crippen LogP contribution in [-0.2, 0) is 6.42 Å². The van der Waals surface area contributed by atoms with Gasteiger partial charge in [-0.3, -0.25) is 4.79 Å². The van der Waals surface area contributed by atoms with E-state index < -0.39 is 0 Å². The number of fused-ring (bicyclic) bond motifs is 1. The van der Waals surface area contributed by atoms with Crippen molar-refractivity contribution in [1.82, 2.24) is 15.0 Å². The molecule has 0 atom stereocenters. The first-order valence-corrected chi connectivity index (χ1v) is 11.5. The molecule has 3 aromatic carbocycles. The van der Waals surface area contributed by atoms with Crippen LogP contribution in [0.3, 0.4) is 0 Å². The Morgan fingerprint density at radius 2 is 1.67 bits per heavy atom. The van der Waals surface area contributed by atoms with Crippen LogP contribution < -0.4 is 10.1 Å². The Morgan fingerprint density at radius 3 is 2.30 bits per heavy atom. The van der Waals surface area contributed by atoms with Gasteiger partial charge in [-0.15, -0.1) is 10.2 Å². The minimum absolute atomic E-state index is 0.0893. The van der Waals surface area contributed by atoms with Gasteiger partial charge in [0, 0.05) is 11.3 Å². The lowest BCUT2D eigenvalue weighted by molar-refractivity contribution is 0.102. The van der Waals surface area contributed by atoms with Crippen molar-refractivity contribution in [1.29, 1.82) is 0 Å². The predicted octanol–water partition coefficient (Wildman–Crippen LogP) is 6.11. The summed E-state index contributed by atoms with van der Waals surface area (Å²) in [6.07, 6.45) is 3.55. The van der Waals surface area contributed by atoms with Gasteiger partial charge >= 0.3 is 0 Å². The van der Waals surface area contributed by atoms with E-state index in [9.17, 15) is 4.79 Å². The van der Waals surface area contributed by atoms with Crippen LogP contribution in [-0.4, -0.2) is 27.0 Å². The summed E-state index contributed by atoms with van der Waals surface area (Å²) in [5.41, 5.74) is 5.97.